The van der Waals surface area contributed by atoms with Crippen LogP contribution >= 0.6 is 0 Å². The van der Waals surface area contributed by atoms with E-state index in [-0.39, 0.29) is 34.0 Å². The molecule has 2 aromatic carbocycles. The lowest BCUT2D eigenvalue weighted by Crippen LogP contribution is -2.09. The predicted molar refractivity (Wildman–Crippen MR) is 101 cm³/mol. The summed E-state index contributed by atoms with van der Waals surface area (Å²) < 4.78 is 11.3. The third kappa shape index (κ3) is 3.04. The predicted octanol–water partition coefficient (Wildman–Crippen LogP) is 4.39. The first-order valence-electron chi connectivity index (χ1n) is 8.21. The largest absolute Gasteiger partial charge is 0.507 e. The molecule has 0 fully saturated rings. The van der Waals surface area contributed by atoms with Crippen LogP contribution in [0.2, 0.25) is 0 Å². The fourth-order valence-corrected chi connectivity index (χ4v) is 2.84. The molecular formula is C21H20O5. The van der Waals surface area contributed by atoms with Gasteiger partial charge in [-0.2, -0.15) is 0 Å². The van der Waals surface area contributed by atoms with Crippen LogP contribution < -0.4 is 10.2 Å². The summed E-state index contributed by atoms with van der Waals surface area (Å²) in [6.45, 7) is 3.88. The summed E-state index contributed by atoms with van der Waals surface area (Å²) in [7, 11) is 1.38. The lowest BCUT2D eigenvalue weighted by molar-refractivity contribution is 0.396. The molecule has 3 rings (SSSR count). The minimum atomic E-state index is -0.483. The Morgan fingerprint density at radius 3 is 2.46 bits per heavy atom. The van der Waals surface area contributed by atoms with E-state index in [1.165, 1.54) is 7.11 Å². The van der Waals surface area contributed by atoms with Crippen LogP contribution in [0.1, 0.15) is 19.4 Å². The fourth-order valence-electron chi connectivity index (χ4n) is 2.84. The molecule has 0 radical (unpaired) electrons. The van der Waals surface area contributed by atoms with Gasteiger partial charge in [0.25, 0.3) is 0 Å². The van der Waals surface area contributed by atoms with E-state index in [2.05, 4.69) is 0 Å². The molecular weight excluding hydrogens is 332 g/mol. The van der Waals surface area contributed by atoms with E-state index in [0.29, 0.717) is 17.5 Å². The number of aromatic hydroxyl groups is 2. The highest BCUT2D eigenvalue weighted by Gasteiger charge is 2.22. The Balaban J connectivity index is 2.42. The Morgan fingerprint density at radius 2 is 1.85 bits per heavy atom. The van der Waals surface area contributed by atoms with Crippen LogP contribution in [-0.2, 0) is 6.42 Å². The third-order valence-corrected chi connectivity index (χ3v) is 4.14. The van der Waals surface area contributed by atoms with Crippen molar-refractivity contribution in [1.29, 1.82) is 0 Å². The molecule has 0 atom stereocenters. The summed E-state index contributed by atoms with van der Waals surface area (Å²) in [5.74, 6) is -0.197. The first kappa shape index (κ1) is 17.6. The number of fused-ring (bicyclic) bond motifs is 1. The van der Waals surface area contributed by atoms with Crippen LogP contribution in [0.3, 0.4) is 0 Å². The molecule has 0 aliphatic rings. The maximum Gasteiger partial charge on any atom is 0.239 e. The third-order valence-electron chi connectivity index (χ3n) is 4.14. The van der Waals surface area contributed by atoms with Gasteiger partial charge in [0.2, 0.25) is 11.2 Å². The smallest absolute Gasteiger partial charge is 0.239 e. The SMILES string of the molecule is COc1c(-c2ccccc2)oc2c(CC=C(C)C)c(O)cc(O)c2c1=O. The second kappa shape index (κ2) is 6.96. The molecule has 1 aromatic heterocycles. The number of benzene rings is 2. The van der Waals surface area contributed by atoms with Gasteiger partial charge in [0.1, 0.15) is 22.5 Å². The van der Waals surface area contributed by atoms with Crippen molar-refractivity contribution in [3.63, 3.8) is 0 Å². The van der Waals surface area contributed by atoms with Crippen LogP contribution in [0.5, 0.6) is 17.2 Å². The van der Waals surface area contributed by atoms with E-state index in [1.54, 1.807) is 12.1 Å². The molecule has 3 aromatic rings. The molecule has 26 heavy (non-hydrogen) atoms. The highest BCUT2D eigenvalue weighted by molar-refractivity contribution is 5.91. The van der Waals surface area contributed by atoms with Gasteiger partial charge in [-0.1, -0.05) is 42.0 Å². The van der Waals surface area contributed by atoms with Crippen LogP contribution in [-0.4, -0.2) is 17.3 Å². The zero-order chi connectivity index (χ0) is 18.8. The van der Waals surface area contributed by atoms with Crippen molar-refractivity contribution in [2.75, 3.05) is 7.11 Å². The van der Waals surface area contributed by atoms with Crippen LogP contribution in [0, 0.1) is 0 Å². The topological polar surface area (TPSA) is 79.9 Å². The molecule has 0 saturated carbocycles. The van der Waals surface area contributed by atoms with Crippen molar-refractivity contribution in [3.8, 4) is 28.6 Å². The summed E-state index contributed by atoms with van der Waals surface area (Å²) in [4.78, 5) is 12.9. The van der Waals surface area contributed by atoms with Gasteiger partial charge in [0.05, 0.1) is 7.11 Å². The van der Waals surface area contributed by atoms with Gasteiger partial charge in [-0.25, -0.2) is 0 Å². The highest BCUT2D eigenvalue weighted by Crippen LogP contribution is 2.38. The lowest BCUT2D eigenvalue weighted by Gasteiger charge is -2.13. The number of phenolic OH excluding ortho intramolecular Hbond substituents is 2. The lowest BCUT2D eigenvalue weighted by atomic mass is 10.0. The van der Waals surface area contributed by atoms with Crippen LogP contribution in [0.15, 0.2) is 57.3 Å². The van der Waals surface area contributed by atoms with Gasteiger partial charge in [-0.3, -0.25) is 4.79 Å². The second-order valence-electron chi connectivity index (χ2n) is 6.24. The van der Waals surface area contributed by atoms with E-state index in [4.69, 9.17) is 9.15 Å². The number of allylic oxidation sites excluding steroid dienone is 2. The van der Waals surface area contributed by atoms with E-state index < -0.39 is 5.43 Å². The van der Waals surface area contributed by atoms with Crippen LogP contribution in [0.4, 0.5) is 0 Å². The van der Waals surface area contributed by atoms with Crippen molar-refractivity contribution in [1.82, 2.24) is 0 Å². The van der Waals surface area contributed by atoms with E-state index in [9.17, 15) is 15.0 Å². The zero-order valence-electron chi connectivity index (χ0n) is 14.9. The molecule has 1 heterocycles. The van der Waals surface area contributed by atoms with Crippen molar-refractivity contribution >= 4 is 11.0 Å². The molecule has 0 bridgehead atoms. The number of hydrogen-bond acceptors (Lipinski definition) is 5. The molecule has 2 N–H and O–H groups in total. The Bertz CT molecular complexity index is 1040. The Morgan fingerprint density at radius 1 is 1.15 bits per heavy atom. The normalized spacial score (nSPS) is 10.7. The summed E-state index contributed by atoms with van der Waals surface area (Å²) in [5.41, 5.74) is 1.84. The average molecular weight is 352 g/mol. The molecule has 0 aliphatic heterocycles. The number of hydrogen-bond donors (Lipinski definition) is 2. The molecule has 0 unspecified atom stereocenters. The standard InChI is InChI=1S/C21H20O5/c1-12(2)9-10-14-15(22)11-16(23)17-18(24)21(25-3)19(26-20(14)17)13-7-5-4-6-8-13/h4-9,11,22-23H,10H2,1-3H3. The van der Waals surface area contributed by atoms with Gasteiger partial charge in [0, 0.05) is 17.2 Å². The van der Waals surface area contributed by atoms with Gasteiger partial charge >= 0.3 is 0 Å². The number of rotatable bonds is 4. The molecule has 0 spiro atoms. The first-order valence-corrected chi connectivity index (χ1v) is 8.21. The molecule has 5 nitrogen and oxygen atoms in total. The van der Waals surface area contributed by atoms with E-state index in [0.717, 1.165) is 11.6 Å². The van der Waals surface area contributed by atoms with Gasteiger partial charge in [-0.15, -0.1) is 0 Å². The number of phenols is 2. The molecule has 0 aliphatic carbocycles. The van der Waals surface area contributed by atoms with Crippen molar-refractivity contribution in [3.05, 3.63) is 63.8 Å². The van der Waals surface area contributed by atoms with Crippen LogP contribution in [0.25, 0.3) is 22.3 Å². The number of methoxy groups -OCH3 is 1. The van der Waals surface area contributed by atoms with Crippen molar-refractivity contribution < 1.29 is 19.4 Å². The van der Waals surface area contributed by atoms with E-state index >= 15 is 0 Å². The van der Waals surface area contributed by atoms with Gasteiger partial charge in [0.15, 0.2) is 5.76 Å². The van der Waals surface area contributed by atoms with Crippen molar-refractivity contribution in [2.45, 2.75) is 20.3 Å². The Kier molecular flexibility index (Phi) is 4.71. The Labute approximate surface area is 150 Å². The molecule has 0 saturated heterocycles. The summed E-state index contributed by atoms with van der Waals surface area (Å²) >= 11 is 0. The minimum Gasteiger partial charge on any atom is -0.507 e. The molecule has 0 amide bonds. The quantitative estimate of drug-likeness (QED) is 0.681. The van der Waals surface area contributed by atoms with Crippen molar-refractivity contribution in [2.24, 2.45) is 0 Å². The fraction of sp³-hybridized carbons (Fsp3) is 0.190. The maximum atomic E-state index is 12.9. The highest BCUT2D eigenvalue weighted by atomic mass is 16.5. The average Bonchev–Trinajstić information content (AvgIpc) is 2.61. The summed E-state index contributed by atoms with van der Waals surface area (Å²) in [5, 5.41) is 20.5. The summed E-state index contributed by atoms with van der Waals surface area (Å²) in [6.07, 6.45) is 2.28. The minimum absolute atomic E-state index is 0.00325. The summed E-state index contributed by atoms with van der Waals surface area (Å²) in [6, 6.07) is 10.3. The second-order valence-corrected chi connectivity index (χ2v) is 6.24. The Hall–Kier alpha value is -3.21. The van der Waals surface area contributed by atoms with E-state index in [1.807, 2.05) is 38.1 Å². The van der Waals surface area contributed by atoms with Gasteiger partial charge in [-0.05, 0) is 20.3 Å². The van der Waals surface area contributed by atoms with Gasteiger partial charge < -0.3 is 19.4 Å². The monoisotopic (exact) mass is 352 g/mol. The first-order chi connectivity index (χ1) is 12.4. The number of ether oxygens (including phenoxy) is 1. The maximum absolute atomic E-state index is 12.9. The molecule has 5 heteroatoms. The molecule has 134 valence electrons. The zero-order valence-corrected chi connectivity index (χ0v) is 14.9.